The van der Waals surface area contributed by atoms with Gasteiger partial charge >= 0.3 is 0 Å². The number of amides is 1. The summed E-state index contributed by atoms with van der Waals surface area (Å²) >= 11 is 0. The van der Waals surface area contributed by atoms with Gasteiger partial charge in [0.1, 0.15) is 5.82 Å². The van der Waals surface area contributed by atoms with Crippen molar-refractivity contribution in [2.24, 2.45) is 0 Å². The summed E-state index contributed by atoms with van der Waals surface area (Å²) in [5, 5.41) is 7.11. The highest BCUT2D eigenvalue weighted by molar-refractivity contribution is 7.91. The summed E-state index contributed by atoms with van der Waals surface area (Å²) in [6.07, 6.45) is 2.11. The lowest BCUT2D eigenvalue weighted by molar-refractivity contribution is 0.102. The van der Waals surface area contributed by atoms with Crippen molar-refractivity contribution < 1.29 is 21.6 Å². The van der Waals surface area contributed by atoms with Crippen LogP contribution in [0.4, 0.5) is 5.82 Å². The minimum absolute atomic E-state index is 0.0133. The summed E-state index contributed by atoms with van der Waals surface area (Å²) < 4.78 is 52.2. The molecule has 0 unspecified atom stereocenters. The van der Waals surface area contributed by atoms with E-state index in [1.165, 1.54) is 16.4 Å². The third-order valence-corrected chi connectivity index (χ3v) is 9.10. The first-order valence-corrected chi connectivity index (χ1v) is 13.1. The predicted molar refractivity (Wildman–Crippen MR) is 112 cm³/mol. The van der Waals surface area contributed by atoms with Crippen LogP contribution in [0.2, 0.25) is 0 Å². The Hall–Kier alpha value is -2.24. The molecule has 4 rings (SSSR count). The van der Waals surface area contributed by atoms with Crippen LogP contribution in [0.15, 0.2) is 35.2 Å². The van der Waals surface area contributed by atoms with Crippen LogP contribution in [0.3, 0.4) is 0 Å². The van der Waals surface area contributed by atoms with Crippen molar-refractivity contribution in [3.8, 4) is 0 Å². The fourth-order valence-corrected chi connectivity index (χ4v) is 7.18. The van der Waals surface area contributed by atoms with E-state index in [2.05, 4.69) is 10.4 Å². The molecule has 0 aliphatic carbocycles. The molecule has 0 saturated carbocycles. The summed E-state index contributed by atoms with van der Waals surface area (Å²) in [4.78, 5) is 12.9. The third kappa shape index (κ3) is 4.14. The van der Waals surface area contributed by atoms with Crippen LogP contribution in [0, 0.1) is 6.92 Å². The zero-order chi connectivity index (χ0) is 21.5. The fraction of sp³-hybridized carbons (Fsp3) is 0.474. The number of aromatic nitrogens is 2. The average Bonchev–Trinajstić information content (AvgIpc) is 3.42. The van der Waals surface area contributed by atoms with Crippen LogP contribution in [-0.2, 0) is 19.9 Å². The molecule has 1 aromatic carbocycles. The minimum Gasteiger partial charge on any atom is -0.307 e. The summed E-state index contributed by atoms with van der Waals surface area (Å²) in [6, 6.07) is 7.29. The first-order valence-electron chi connectivity index (χ1n) is 9.84. The van der Waals surface area contributed by atoms with Crippen LogP contribution in [-0.4, -0.2) is 61.4 Å². The van der Waals surface area contributed by atoms with Gasteiger partial charge in [0.05, 0.1) is 28.1 Å². The second-order valence-corrected chi connectivity index (χ2v) is 11.9. The maximum absolute atomic E-state index is 12.8. The van der Waals surface area contributed by atoms with Gasteiger partial charge in [0.25, 0.3) is 5.91 Å². The van der Waals surface area contributed by atoms with Gasteiger partial charge in [-0.1, -0.05) is 6.07 Å². The molecule has 162 valence electrons. The Morgan fingerprint density at radius 1 is 1.20 bits per heavy atom. The number of nitrogens with zero attached hydrogens (tertiary/aromatic N) is 3. The van der Waals surface area contributed by atoms with E-state index in [9.17, 15) is 21.6 Å². The maximum Gasteiger partial charge on any atom is 0.256 e. The fourth-order valence-electron chi connectivity index (χ4n) is 3.92. The summed E-state index contributed by atoms with van der Waals surface area (Å²) in [7, 11) is -6.74. The molecule has 1 N–H and O–H groups in total. The zero-order valence-electron chi connectivity index (χ0n) is 16.6. The number of hydrogen-bond donors (Lipinski definition) is 1. The van der Waals surface area contributed by atoms with Gasteiger partial charge in [0, 0.05) is 24.7 Å². The second-order valence-electron chi connectivity index (χ2n) is 7.77. The van der Waals surface area contributed by atoms with Gasteiger partial charge in [-0.3, -0.25) is 4.79 Å². The van der Waals surface area contributed by atoms with E-state index in [0.717, 1.165) is 12.8 Å². The highest BCUT2D eigenvalue weighted by Gasteiger charge is 2.32. The number of anilines is 1. The lowest BCUT2D eigenvalue weighted by Crippen LogP contribution is -2.28. The number of sulfonamides is 1. The molecule has 9 nitrogen and oxygen atoms in total. The molecule has 3 heterocycles. The number of rotatable bonds is 5. The Kier molecular flexibility index (Phi) is 5.45. The first-order chi connectivity index (χ1) is 14.2. The van der Waals surface area contributed by atoms with Crippen molar-refractivity contribution in [2.45, 2.75) is 37.1 Å². The molecule has 0 bridgehead atoms. The summed E-state index contributed by atoms with van der Waals surface area (Å²) in [6.45, 7) is 2.74. The lowest BCUT2D eigenvalue weighted by atomic mass is 10.2. The van der Waals surface area contributed by atoms with E-state index in [1.54, 1.807) is 29.8 Å². The molecule has 1 atom stereocenters. The van der Waals surface area contributed by atoms with Crippen molar-refractivity contribution in [1.82, 2.24) is 14.1 Å². The molecule has 0 spiro atoms. The van der Waals surface area contributed by atoms with Crippen molar-refractivity contribution >= 4 is 31.6 Å². The smallest absolute Gasteiger partial charge is 0.256 e. The molecule has 0 radical (unpaired) electrons. The Morgan fingerprint density at radius 2 is 1.93 bits per heavy atom. The molecule has 11 heteroatoms. The Balaban J connectivity index is 1.57. The first kappa shape index (κ1) is 21.0. The largest absolute Gasteiger partial charge is 0.307 e. The van der Waals surface area contributed by atoms with E-state index < -0.39 is 25.8 Å². The van der Waals surface area contributed by atoms with Crippen LogP contribution < -0.4 is 5.32 Å². The van der Waals surface area contributed by atoms with Gasteiger partial charge in [0.2, 0.25) is 10.0 Å². The molecule has 1 aromatic heterocycles. The van der Waals surface area contributed by atoms with Gasteiger partial charge in [0.15, 0.2) is 9.84 Å². The van der Waals surface area contributed by atoms with Gasteiger partial charge < -0.3 is 5.32 Å². The van der Waals surface area contributed by atoms with E-state index in [4.69, 9.17) is 0 Å². The molecule has 2 aliphatic rings. The maximum atomic E-state index is 12.8. The Morgan fingerprint density at radius 3 is 2.60 bits per heavy atom. The highest BCUT2D eigenvalue weighted by Crippen LogP contribution is 2.28. The van der Waals surface area contributed by atoms with Crippen molar-refractivity contribution in [3.63, 3.8) is 0 Å². The van der Waals surface area contributed by atoms with Crippen molar-refractivity contribution in [2.75, 3.05) is 29.9 Å². The minimum atomic E-state index is -3.63. The predicted octanol–water partition coefficient (Wildman–Crippen LogP) is 1.59. The number of carbonyl (C=O) groups excluding carboxylic acids is 1. The number of carbonyl (C=O) groups is 1. The molecule has 2 fully saturated rings. The van der Waals surface area contributed by atoms with Crippen molar-refractivity contribution in [3.05, 3.63) is 41.6 Å². The highest BCUT2D eigenvalue weighted by atomic mass is 32.2. The molecular formula is C19H24N4O5S2. The van der Waals surface area contributed by atoms with Gasteiger partial charge in [-0.15, -0.1) is 0 Å². The number of benzene rings is 1. The van der Waals surface area contributed by atoms with E-state index in [1.807, 2.05) is 0 Å². The normalized spacial score (nSPS) is 21.7. The van der Waals surface area contributed by atoms with Crippen molar-refractivity contribution in [1.29, 1.82) is 0 Å². The van der Waals surface area contributed by atoms with Crippen LogP contribution in [0.1, 0.15) is 41.4 Å². The van der Waals surface area contributed by atoms with Gasteiger partial charge in [-0.05, 0) is 44.4 Å². The Labute approximate surface area is 176 Å². The SMILES string of the molecule is Cc1cc(NC(=O)c2cccc(S(=O)(=O)N3CCCC3)c2)n([C@@H]2CCS(=O)(=O)C2)n1. The quantitative estimate of drug-likeness (QED) is 0.736. The topological polar surface area (TPSA) is 118 Å². The van der Waals surface area contributed by atoms with Gasteiger partial charge in [-0.2, -0.15) is 9.40 Å². The molecule has 2 saturated heterocycles. The molecule has 1 amide bonds. The standard InChI is InChI=1S/C19H24N4O5S2/c1-14-11-18(23(21-14)16-7-10-29(25,26)13-16)20-19(24)15-5-4-6-17(12-15)30(27,28)22-8-2-3-9-22/h4-6,11-12,16H,2-3,7-10,13H2,1H3,(H,20,24)/t16-/m1/s1. The number of nitrogens with one attached hydrogen (secondary N) is 1. The second kappa shape index (κ2) is 7.78. The summed E-state index contributed by atoms with van der Waals surface area (Å²) in [5.41, 5.74) is 0.861. The number of hydrogen-bond acceptors (Lipinski definition) is 6. The molecule has 30 heavy (non-hydrogen) atoms. The van der Waals surface area contributed by atoms with Crippen LogP contribution in [0.5, 0.6) is 0 Å². The number of sulfone groups is 1. The lowest BCUT2D eigenvalue weighted by Gasteiger charge is -2.16. The molecular weight excluding hydrogens is 428 g/mol. The summed E-state index contributed by atoms with van der Waals surface area (Å²) in [5.74, 6) is 0.00358. The van der Waals surface area contributed by atoms with E-state index in [-0.39, 0.29) is 28.0 Å². The average molecular weight is 453 g/mol. The third-order valence-electron chi connectivity index (χ3n) is 5.45. The van der Waals surface area contributed by atoms with Crippen LogP contribution >= 0.6 is 0 Å². The molecule has 2 aromatic rings. The van der Waals surface area contributed by atoms with Crippen LogP contribution in [0.25, 0.3) is 0 Å². The zero-order valence-corrected chi connectivity index (χ0v) is 18.2. The monoisotopic (exact) mass is 452 g/mol. The van der Waals surface area contributed by atoms with Gasteiger partial charge in [-0.25, -0.2) is 21.5 Å². The van der Waals surface area contributed by atoms with E-state index >= 15 is 0 Å². The molecule has 2 aliphatic heterocycles. The van der Waals surface area contributed by atoms with E-state index in [0.29, 0.717) is 31.0 Å². The number of aryl methyl sites for hydroxylation is 1. The Bertz CT molecular complexity index is 1180.